The molecule has 254 valence electrons. The second kappa shape index (κ2) is 18.2. The van der Waals surface area contributed by atoms with Crippen molar-refractivity contribution in [2.75, 3.05) is 13.7 Å². The van der Waals surface area contributed by atoms with Crippen LogP contribution in [-0.4, -0.2) is 54.6 Å². The molecule has 9 heteroatoms. The third-order valence-corrected chi connectivity index (χ3v) is 8.41. The number of hydrogen-bond acceptors (Lipinski definition) is 7. The first-order chi connectivity index (χ1) is 22.6. The zero-order valence-corrected chi connectivity index (χ0v) is 28.8. The molecule has 2 aromatic carbocycles. The van der Waals surface area contributed by atoms with E-state index in [1.807, 2.05) is 26.0 Å². The van der Waals surface area contributed by atoms with E-state index in [-0.39, 0.29) is 29.9 Å². The number of aromatic nitrogens is 1. The number of aromatic hydroxyl groups is 1. The topological polar surface area (TPSA) is 114 Å². The summed E-state index contributed by atoms with van der Waals surface area (Å²) in [7, 11) is 1.67. The first kappa shape index (κ1) is 37.2. The Kier molecular flexibility index (Phi) is 14.4. The lowest BCUT2D eigenvalue weighted by Crippen LogP contribution is -2.37. The van der Waals surface area contributed by atoms with Crippen molar-refractivity contribution >= 4 is 36.1 Å². The van der Waals surface area contributed by atoms with E-state index in [1.54, 1.807) is 19.4 Å². The summed E-state index contributed by atoms with van der Waals surface area (Å²) in [4.78, 5) is 26.2. The number of carbonyl (C=O) groups excluding carboxylic acids is 2. The highest BCUT2D eigenvalue weighted by atomic mass is 16.5. The van der Waals surface area contributed by atoms with Crippen molar-refractivity contribution in [2.45, 2.75) is 91.8 Å². The predicted octanol–water partition coefficient (Wildman–Crippen LogP) is 7.15. The number of nitrogens with one attached hydrogen (secondary N) is 2. The summed E-state index contributed by atoms with van der Waals surface area (Å²) in [5.74, 6) is 0.246. The van der Waals surface area contributed by atoms with Gasteiger partial charge < -0.3 is 19.1 Å². The van der Waals surface area contributed by atoms with E-state index in [4.69, 9.17) is 9.47 Å². The molecule has 3 rings (SSSR count). The van der Waals surface area contributed by atoms with Gasteiger partial charge in [-0.25, -0.2) is 5.43 Å². The summed E-state index contributed by atoms with van der Waals surface area (Å²) in [6, 6.07) is 12.5. The summed E-state index contributed by atoms with van der Waals surface area (Å²) in [5, 5.41) is 11.8. The monoisotopic (exact) mass is 644 g/mol. The van der Waals surface area contributed by atoms with E-state index in [2.05, 4.69) is 78.1 Å². The van der Waals surface area contributed by atoms with Gasteiger partial charge in [0.25, 0.3) is 6.47 Å². The smallest absolute Gasteiger partial charge is 0.293 e. The van der Waals surface area contributed by atoms with Gasteiger partial charge in [-0.1, -0.05) is 51.5 Å². The Morgan fingerprint density at radius 1 is 1.11 bits per heavy atom. The third kappa shape index (κ3) is 10.7. The first-order valence-electron chi connectivity index (χ1n) is 16.4. The second-order valence-corrected chi connectivity index (χ2v) is 12.8. The number of benzene rings is 2. The maximum absolute atomic E-state index is 11.1. The summed E-state index contributed by atoms with van der Waals surface area (Å²) < 4.78 is 13.2. The number of amides is 1. The van der Waals surface area contributed by atoms with Crippen molar-refractivity contribution in [3.63, 3.8) is 0 Å². The molecule has 1 amide bonds. The lowest BCUT2D eigenvalue weighted by atomic mass is 9.85. The molecule has 47 heavy (non-hydrogen) atoms. The van der Waals surface area contributed by atoms with Gasteiger partial charge in [0.2, 0.25) is 6.41 Å². The average molecular weight is 645 g/mol. The maximum Gasteiger partial charge on any atom is 0.293 e. The molecule has 0 saturated heterocycles. The number of aryl methyl sites for hydroxylation is 2. The van der Waals surface area contributed by atoms with Crippen molar-refractivity contribution in [3.8, 4) is 16.9 Å². The van der Waals surface area contributed by atoms with Crippen LogP contribution >= 0.6 is 0 Å². The van der Waals surface area contributed by atoms with Gasteiger partial charge in [-0.05, 0) is 99.0 Å². The highest BCUT2D eigenvalue weighted by Crippen LogP contribution is 2.37. The maximum atomic E-state index is 11.1. The van der Waals surface area contributed by atoms with E-state index in [1.165, 1.54) is 0 Å². The fourth-order valence-electron chi connectivity index (χ4n) is 5.95. The Bertz CT molecular complexity index is 1560. The minimum Gasteiger partial charge on any atom is -0.508 e. The molecular formula is C38H52N4O5. The Labute approximate surface area is 279 Å². The van der Waals surface area contributed by atoms with E-state index >= 15 is 0 Å². The lowest BCUT2D eigenvalue weighted by molar-refractivity contribution is -0.131. The fourth-order valence-corrected chi connectivity index (χ4v) is 5.95. The summed E-state index contributed by atoms with van der Waals surface area (Å²) in [6.45, 7) is 15.6. The zero-order valence-electron chi connectivity index (χ0n) is 28.8. The molecule has 2 atom stereocenters. The van der Waals surface area contributed by atoms with Gasteiger partial charge in [-0.3, -0.25) is 20.0 Å². The molecule has 0 aliphatic carbocycles. The minimum absolute atomic E-state index is 0.212. The molecule has 1 heterocycles. The molecule has 9 nitrogen and oxygen atoms in total. The van der Waals surface area contributed by atoms with Crippen molar-refractivity contribution in [1.29, 1.82) is 0 Å². The Balaban J connectivity index is 2.05. The highest BCUT2D eigenvalue weighted by molar-refractivity contribution is 5.92. The van der Waals surface area contributed by atoms with Gasteiger partial charge in [0.15, 0.2) is 0 Å². The average Bonchev–Trinajstić information content (AvgIpc) is 3.34. The van der Waals surface area contributed by atoms with Gasteiger partial charge >= 0.3 is 0 Å². The van der Waals surface area contributed by atoms with Gasteiger partial charge in [0, 0.05) is 47.9 Å². The number of unbranched alkanes of at least 4 members (excludes halogenated alkanes) is 2. The highest BCUT2D eigenvalue weighted by Gasteiger charge is 2.26. The lowest BCUT2D eigenvalue weighted by Gasteiger charge is -2.24. The van der Waals surface area contributed by atoms with Crippen molar-refractivity contribution < 1.29 is 24.2 Å². The number of nitrogens with zero attached hydrogens (tertiary/aromatic N) is 2. The van der Waals surface area contributed by atoms with E-state index < -0.39 is 0 Å². The molecule has 1 unspecified atom stereocenters. The predicted molar refractivity (Wildman–Crippen MR) is 191 cm³/mol. The quantitative estimate of drug-likeness (QED) is 0.0491. The van der Waals surface area contributed by atoms with Crippen LogP contribution in [0.4, 0.5) is 0 Å². The molecule has 1 aromatic heterocycles. The Morgan fingerprint density at radius 3 is 2.57 bits per heavy atom. The largest absolute Gasteiger partial charge is 0.508 e. The Hall–Kier alpha value is -4.21. The zero-order chi connectivity index (χ0) is 34.4. The van der Waals surface area contributed by atoms with Gasteiger partial charge in [0.1, 0.15) is 5.75 Å². The van der Waals surface area contributed by atoms with Crippen LogP contribution in [-0.2, 0) is 38.4 Å². The number of fused-ring (bicyclic) bond motifs is 1. The van der Waals surface area contributed by atoms with E-state index in [0.29, 0.717) is 19.3 Å². The van der Waals surface area contributed by atoms with Crippen molar-refractivity contribution in [3.05, 3.63) is 71.6 Å². The molecule has 0 aliphatic rings. The van der Waals surface area contributed by atoms with Crippen LogP contribution in [0.1, 0.15) is 77.1 Å². The molecule has 3 N–H and O–H groups in total. The molecule has 0 fully saturated rings. The summed E-state index contributed by atoms with van der Waals surface area (Å²) >= 11 is 0. The molecular weight excluding hydrogens is 592 g/mol. The number of hydrogen-bond donors (Lipinski definition) is 3. The van der Waals surface area contributed by atoms with Gasteiger partial charge in [-0.15, -0.1) is 0 Å². The molecule has 0 saturated carbocycles. The van der Waals surface area contributed by atoms with Gasteiger partial charge in [0.05, 0.1) is 18.4 Å². The SMILES string of the molecule is C=CC=N/C(=C/c1c(CC(C)(C)COC=O)c2cc(-c3cc(O)cc(CCCCC[C@@H](C)NNC=O)c3)ccc2n1CC)C(C)OC. The third-order valence-electron chi connectivity index (χ3n) is 8.41. The number of ether oxygens (including phenoxy) is 2. The van der Waals surface area contributed by atoms with Crippen molar-refractivity contribution in [1.82, 2.24) is 15.4 Å². The number of phenolic OH excluding ortho intramolecular Hbond substituents is 1. The van der Waals surface area contributed by atoms with Crippen LogP contribution in [0.5, 0.6) is 5.75 Å². The Morgan fingerprint density at radius 2 is 1.89 bits per heavy atom. The molecule has 0 spiro atoms. The summed E-state index contributed by atoms with van der Waals surface area (Å²) in [6.07, 6.45) is 11.4. The van der Waals surface area contributed by atoms with Crippen LogP contribution < -0.4 is 10.9 Å². The normalized spacial score (nSPS) is 13.5. The second-order valence-electron chi connectivity index (χ2n) is 12.8. The number of methoxy groups -OCH3 is 1. The van der Waals surface area contributed by atoms with E-state index in [0.717, 1.165) is 83.2 Å². The number of phenols is 1. The van der Waals surface area contributed by atoms with E-state index in [9.17, 15) is 14.7 Å². The van der Waals surface area contributed by atoms with Crippen LogP contribution in [0.2, 0.25) is 0 Å². The van der Waals surface area contributed by atoms with Crippen LogP contribution in [0.3, 0.4) is 0 Å². The molecule has 0 bridgehead atoms. The summed E-state index contributed by atoms with van der Waals surface area (Å²) in [5.41, 5.74) is 12.2. The molecule has 3 aromatic rings. The molecule has 0 radical (unpaired) electrons. The standard InChI is InChI=1S/C38H52N4O5/c1-8-17-39-35(28(4)46-7)22-37-34(23-38(5,6)24-47-26-44)33-21-30(15-16-36(33)42(37)9-2)31-18-29(19-32(45)20-31)14-12-10-11-13-27(3)41-40-25-43/h8,15-22,25-28,41,45H,1,9-14,23-24H2,2-7H3,(H,40,43)/b35-22+,39-17?/t27-,28?/m1/s1. The number of rotatable bonds is 21. The number of hydrazine groups is 1. The number of aliphatic imine (C=N–C) groups is 1. The van der Waals surface area contributed by atoms with Crippen LogP contribution in [0.15, 0.2) is 59.7 Å². The van der Waals surface area contributed by atoms with Crippen LogP contribution in [0.25, 0.3) is 28.1 Å². The van der Waals surface area contributed by atoms with Gasteiger partial charge in [-0.2, -0.15) is 0 Å². The minimum atomic E-state index is -0.333. The molecule has 0 aliphatic heterocycles. The van der Waals surface area contributed by atoms with Crippen LogP contribution in [0, 0.1) is 5.41 Å². The van der Waals surface area contributed by atoms with Crippen molar-refractivity contribution in [2.24, 2.45) is 10.4 Å². The fraction of sp³-hybridized carbons (Fsp3) is 0.447. The first-order valence-corrected chi connectivity index (χ1v) is 16.4. The number of allylic oxidation sites excluding steroid dienone is 1. The number of carbonyl (C=O) groups is 2.